The number of rotatable bonds is 6. The summed E-state index contributed by atoms with van der Waals surface area (Å²) in [5.74, 6) is -0.906. The summed E-state index contributed by atoms with van der Waals surface area (Å²) < 4.78 is 5.41. The van der Waals surface area contributed by atoms with Gasteiger partial charge in [-0.2, -0.15) is 0 Å². The number of carbonyl (C=O) groups is 1. The number of likely N-dealkylation sites (tertiary alicyclic amines) is 1. The maximum Gasteiger partial charge on any atom is 0.329 e. The quantitative estimate of drug-likeness (QED) is 0.852. The average Bonchev–Trinajstić information content (AvgIpc) is 2.35. The van der Waals surface area contributed by atoms with E-state index in [9.17, 15) is 4.79 Å². The van der Waals surface area contributed by atoms with Crippen LogP contribution in [0.2, 0.25) is 0 Å². The molecule has 1 aliphatic heterocycles. The Bertz CT molecular complexity index is 452. The summed E-state index contributed by atoms with van der Waals surface area (Å²) in [6.45, 7) is 6.41. The minimum Gasteiger partial charge on any atom is -0.480 e. The van der Waals surface area contributed by atoms with Crippen molar-refractivity contribution < 1.29 is 14.6 Å². The Morgan fingerprint density at radius 3 is 2.58 bits per heavy atom. The van der Waals surface area contributed by atoms with Crippen LogP contribution in [0.3, 0.4) is 0 Å². The summed E-state index contributed by atoms with van der Waals surface area (Å²) in [6.07, 6.45) is 1.04. The van der Waals surface area contributed by atoms with Crippen LogP contribution in [-0.4, -0.2) is 41.3 Å². The second-order valence-electron chi connectivity index (χ2n) is 5.40. The third-order valence-electron chi connectivity index (χ3n) is 3.55. The standard InChI is InChI=1S/C15H21NO3/c1-3-12-6-4-5-7-13(12)8-16-10-15(2,11-16)19-9-14(17)18/h4-7H,3,8-11H2,1-2H3,(H,17,18). The van der Waals surface area contributed by atoms with Crippen LogP contribution >= 0.6 is 0 Å². The molecule has 0 radical (unpaired) electrons. The van der Waals surface area contributed by atoms with Crippen molar-refractivity contribution in [2.45, 2.75) is 32.4 Å². The first-order valence-electron chi connectivity index (χ1n) is 6.67. The Morgan fingerprint density at radius 1 is 1.37 bits per heavy atom. The van der Waals surface area contributed by atoms with Crippen molar-refractivity contribution in [2.75, 3.05) is 19.7 Å². The number of carboxylic acids is 1. The molecule has 19 heavy (non-hydrogen) atoms. The molecule has 4 heteroatoms. The smallest absolute Gasteiger partial charge is 0.329 e. The van der Waals surface area contributed by atoms with Gasteiger partial charge in [-0.3, -0.25) is 4.90 Å². The SMILES string of the molecule is CCc1ccccc1CN1CC(C)(OCC(=O)O)C1. The summed E-state index contributed by atoms with van der Waals surface area (Å²) in [5.41, 5.74) is 2.42. The molecule has 0 aromatic heterocycles. The lowest BCUT2D eigenvalue weighted by molar-refractivity contribution is -0.165. The van der Waals surface area contributed by atoms with Gasteiger partial charge < -0.3 is 9.84 Å². The van der Waals surface area contributed by atoms with E-state index in [-0.39, 0.29) is 12.2 Å². The monoisotopic (exact) mass is 263 g/mol. The first kappa shape index (κ1) is 14.0. The van der Waals surface area contributed by atoms with Gasteiger partial charge in [0.05, 0.1) is 5.60 Å². The average molecular weight is 263 g/mol. The van der Waals surface area contributed by atoms with Crippen LogP contribution in [0.5, 0.6) is 0 Å². The van der Waals surface area contributed by atoms with Crippen LogP contribution in [0.25, 0.3) is 0 Å². The van der Waals surface area contributed by atoms with E-state index >= 15 is 0 Å². The maximum absolute atomic E-state index is 10.5. The molecule has 0 bridgehead atoms. The largest absolute Gasteiger partial charge is 0.480 e. The first-order valence-corrected chi connectivity index (χ1v) is 6.67. The molecule has 0 amide bonds. The highest BCUT2D eigenvalue weighted by Gasteiger charge is 2.40. The van der Waals surface area contributed by atoms with Gasteiger partial charge in [0.2, 0.25) is 0 Å². The topological polar surface area (TPSA) is 49.8 Å². The first-order chi connectivity index (χ1) is 9.02. The fourth-order valence-electron chi connectivity index (χ4n) is 2.64. The number of ether oxygens (including phenoxy) is 1. The van der Waals surface area contributed by atoms with Crippen LogP contribution in [-0.2, 0) is 22.5 Å². The molecule has 0 aliphatic carbocycles. The lowest BCUT2D eigenvalue weighted by atomic mass is 9.94. The van der Waals surface area contributed by atoms with E-state index < -0.39 is 5.97 Å². The molecule has 0 atom stereocenters. The van der Waals surface area contributed by atoms with E-state index in [1.807, 2.05) is 6.92 Å². The molecule has 2 rings (SSSR count). The Morgan fingerprint density at radius 2 is 2.00 bits per heavy atom. The Kier molecular flexibility index (Phi) is 4.22. The van der Waals surface area contributed by atoms with E-state index in [1.54, 1.807) is 0 Å². The molecular weight excluding hydrogens is 242 g/mol. The predicted octanol–water partition coefficient (Wildman–Crippen LogP) is 1.92. The van der Waals surface area contributed by atoms with Crippen molar-refractivity contribution in [3.05, 3.63) is 35.4 Å². The Balaban J connectivity index is 1.85. The summed E-state index contributed by atoms with van der Waals surface area (Å²) in [4.78, 5) is 12.8. The van der Waals surface area contributed by atoms with Crippen LogP contribution < -0.4 is 0 Å². The molecule has 104 valence electrons. The molecule has 0 unspecified atom stereocenters. The number of hydrogen-bond donors (Lipinski definition) is 1. The lowest BCUT2D eigenvalue weighted by Crippen LogP contribution is -2.61. The molecule has 1 saturated heterocycles. The fraction of sp³-hybridized carbons (Fsp3) is 0.533. The predicted molar refractivity (Wildman–Crippen MR) is 73.1 cm³/mol. The summed E-state index contributed by atoms with van der Waals surface area (Å²) >= 11 is 0. The van der Waals surface area contributed by atoms with Gasteiger partial charge in [0, 0.05) is 19.6 Å². The van der Waals surface area contributed by atoms with Gasteiger partial charge >= 0.3 is 5.97 Å². The maximum atomic E-state index is 10.5. The lowest BCUT2D eigenvalue weighted by Gasteiger charge is -2.47. The second-order valence-corrected chi connectivity index (χ2v) is 5.40. The second kappa shape index (κ2) is 5.72. The molecule has 1 aromatic carbocycles. The zero-order valence-corrected chi connectivity index (χ0v) is 11.6. The normalized spacial score (nSPS) is 18.0. The number of aliphatic carboxylic acids is 1. The number of benzene rings is 1. The van der Waals surface area contributed by atoms with Crippen LogP contribution in [0.4, 0.5) is 0 Å². The third-order valence-corrected chi connectivity index (χ3v) is 3.55. The van der Waals surface area contributed by atoms with E-state index in [0.29, 0.717) is 0 Å². The van der Waals surface area contributed by atoms with E-state index in [1.165, 1.54) is 11.1 Å². The van der Waals surface area contributed by atoms with Crippen LogP contribution in [0.1, 0.15) is 25.0 Å². The number of hydrogen-bond acceptors (Lipinski definition) is 3. The van der Waals surface area contributed by atoms with Crippen molar-refractivity contribution in [3.8, 4) is 0 Å². The van der Waals surface area contributed by atoms with E-state index in [0.717, 1.165) is 26.1 Å². The summed E-state index contributed by atoms with van der Waals surface area (Å²) in [7, 11) is 0. The van der Waals surface area contributed by atoms with E-state index in [4.69, 9.17) is 9.84 Å². The van der Waals surface area contributed by atoms with Gasteiger partial charge in [-0.05, 0) is 24.5 Å². The van der Waals surface area contributed by atoms with Gasteiger partial charge in [-0.15, -0.1) is 0 Å². The molecule has 1 aromatic rings. The molecule has 4 nitrogen and oxygen atoms in total. The Labute approximate surface area is 114 Å². The van der Waals surface area contributed by atoms with Crippen molar-refractivity contribution in [1.82, 2.24) is 4.90 Å². The van der Waals surface area contributed by atoms with Gasteiger partial charge in [0.1, 0.15) is 6.61 Å². The van der Waals surface area contributed by atoms with Crippen molar-refractivity contribution in [2.24, 2.45) is 0 Å². The molecule has 1 N–H and O–H groups in total. The number of aryl methyl sites for hydroxylation is 1. The van der Waals surface area contributed by atoms with Gasteiger partial charge in [0.25, 0.3) is 0 Å². The minimum absolute atomic E-state index is 0.212. The fourth-order valence-corrected chi connectivity index (χ4v) is 2.64. The molecule has 1 heterocycles. The van der Waals surface area contributed by atoms with Gasteiger partial charge in [0.15, 0.2) is 0 Å². The number of nitrogens with zero attached hydrogens (tertiary/aromatic N) is 1. The van der Waals surface area contributed by atoms with E-state index in [2.05, 4.69) is 36.1 Å². The van der Waals surface area contributed by atoms with Crippen LogP contribution in [0, 0.1) is 0 Å². The highest BCUT2D eigenvalue weighted by Crippen LogP contribution is 2.27. The highest BCUT2D eigenvalue weighted by molar-refractivity contribution is 5.68. The highest BCUT2D eigenvalue weighted by atomic mass is 16.5. The summed E-state index contributed by atoms with van der Waals surface area (Å²) in [5, 5.41) is 8.63. The van der Waals surface area contributed by atoms with Crippen LogP contribution in [0.15, 0.2) is 24.3 Å². The van der Waals surface area contributed by atoms with Gasteiger partial charge in [-0.1, -0.05) is 31.2 Å². The zero-order chi connectivity index (χ0) is 13.9. The van der Waals surface area contributed by atoms with Crippen molar-refractivity contribution in [3.63, 3.8) is 0 Å². The van der Waals surface area contributed by atoms with Gasteiger partial charge in [-0.25, -0.2) is 4.79 Å². The molecular formula is C15H21NO3. The molecule has 1 aliphatic rings. The molecule has 0 saturated carbocycles. The molecule has 0 spiro atoms. The van der Waals surface area contributed by atoms with Crippen molar-refractivity contribution in [1.29, 1.82) is 0 Å². The number of carboxylic acid groups (broad SMARTS) is 1. The minimum atomic E-state index is -0.906. The Hall–Kier alpha value is -1.39. The summed E-state index contributed by atoms with van der Waals surface area (Å²) in [6, 6.07) is 8.45. The van der Waals surface area contributed by atoms with Crippen molar-refractivity contribution >= 4 is 5.97 Å². The molecule has 1 fully saturated rings. The third kappa shape index (κ3) is 3.55. The zero-order valence-electron chi connectivity index (χ0n) is 11.6.